The number of esters is 1. The predicted molar refractivity (Wildman–Crippen MR) is 118 cm³/mol. The maximum Gasteiger partial charge on any atom is 0.357 e. The molecule has 0 aliphatic carbocycles. The maximum absolute atomic E-state index is 13.5. The molecule has 0 saturated carbocycles. The minimum absolute atomic E-state index is 0.0962. The molecule has 2 heterocycles. The third-order valence-electron chi connectivity index (χ3n) is 4.04. The lowest BCUT2D eigenvalue weighted by atomic mass is 10.2. The molecule has 176 valence electrons. The van der Waals surface area contributed by atoms with E-state index in [0.717, 1.165) is 46.9 Å². The van der Waals surface area contributed by atoms with Crippen LogP contribution in [0.3, 0.4) is 0 Å². The average molecular weight is 510 g/mol. The van der Waals surface area contributed by atoms with E-state index in [1.165, 1.54) is 22.9 Å². The Hall–Kier alpha value is -3.64. The minimum atomic E-state index is -1.18. The van der Waals surface area contributed by atoms with E-state index in [2.05, 4.69) is 9.97 Å². The number of hydrogen-bond donors (Lipinski definition) is 1. The summed E-state index contributed by atoms with van der Waals surface area (Å²) in [4.78, 5) is 29.7. The number of carboxylic acids is 1. The molecule has 0 aliphatic rings. The number of benzene rings is 2. The van der Waals surface area contributed by atoms with E-state index in [0.29, 0.717) is 5.01 Å². The normalized spacial score (nSPS) is 10.4. The van der Waals surface area contributed by atoms with Crippen LogP contribution in [0.5, 0.6) is 0 Å². The number of thiazole rings is 2. The number of carbonyl (C=O) groups excluding carboxylic acids is 1. The summed E-state index contributed by atoms with van der Waals surface area (Å²) in [6.45, 7) is 1.93. The first-order valence-corrected chi connectivity index (χ1v) is 11.2. The van der Waals surface area contributed by atoms with E-state index in [4.69, 9.17) is 9.84 Å². The van der Waals surface area contributed by atoms with Crippen LogP contribution in [0.4, 0.5) is 17.6 Å². The van der Waals surface area contributed by atoms with Gasteiger partial charge in [0.05, 0.1) is 6.61 Å². The van der Waals surface area contributed by atoms with Crippen molar-refractivity contribution in [2.75, 3.05) is 6.61 Å². The van der Waals surface area contributed by atoms with Crippen molar-refractivity contribution < 1.29 is 37.0 Å². The molecule has 0 fully saturated rings. The average Bonchev–Trinajstić information content (AvgIpc) is 3.45. The molecule has 0 bridgehead atoms. The van der Waals surface area contributed by atoms with E-state index in [9.17, 15) is 27.2 Å². The van der Waals surface area contributed by atoms with Crippen molar-refractivity contribution in [3.8, 4) is 21.1 Å². The molecule has 4 rings (SSSR count). The van der Waals surface area contributed by atoms with Gasteiger partial charge >= 0.3 is 11.9 Å². The number of rotatable bonds is 5. The van der Waals surface area contributed by atoms with Gasteiger partial charge in [0.2, 0.25) is 0 Å². The summed E-state index contributed by atoms with van der Waals surface area (Å²) in [6.07, 6.45) is 0. The Labute approximate surface area is 198 Å². The van der Waals surface area contributed by atoms with Gasteiger partial charge in [0, 0.05) is 34.0 Å². The van der Waals surface area contributed by atoms with E-state index >= 15 is 0 Å². The second kappa shape index (κ2) is 11.0. The van der Waals surface area contributed by atoms with Crippen LogP contribution in [0.2, 0.25) is 0 Å². The number of halogens is 4. The molecule has 0 saturated heterocycles. The van der Waals surface area contributed by atoms with Crippen LogP contribution in [-0.4, -0.2) is 33.6 Å². The van der Waals surface area contributed by atoms with Crippen LogP contribution in [0, 0.1) is 23.3 Å². The summed E-state index contributed by atoms with van der Waals surface area (Å²) in [7, 11) is 0. The molecular weight excluding hydrogens is 496 g/mol. The van der Waals surface area contributed by atoms with Crippen molar-refractivity contribution in [3.63, 3.8) is 0 Å². The zero-order valence-electron chi connectivity index (χ0n) is 17.2. The smallest absolute Gasteiger partial charge is 0.357 e. The van der Waals surface area contributed by atoms with E-state index < -0.39 is 35.2 Å². The molecule has 0 unspecified atom stereocenters. The fourth-order valence-corrected chi connectivity index (χ4v) is 4.15. The van der Waals surface area contributed by atoms with Crippen LogP contribution in [-0.2, 0) is 4.74 Å². The van der Waals surface area contributed by atoms with Gasteiger partial charge in [0.1, 0.15) is 33.3 Å². The first kappa shape index (κ1) is 25.0. The first-order chi connectivity index (χ1) is 16.2. The number of nitrogens with zero attached hydrogens (tertiary/aromatic N) is 2. The highest BCUT2D eigenvalue weighted by molar-refractivity contribution is 7.13. The van der Waals surface area contributed by atoms with Crippen LogP contribution < -0.4 is 0 Å². The predicted octanol–water partition coefficient (Wildman–Crippen LogP) is 6.05. The molecule has 34 heavy (non-hydrogen) atoms. The van der Waals surface area contributed by atoms with E-state index in [1.807, 2.05) is 0 Å². The molecule has 0 atom stereocenters. The summed E-state index contributed by atoms with van der Waals surface area (Å²) in [6, 6.07) is 6.27. The highest BCUT2D eigenvalue weighted by atomic mass is 32.1. The third-order valence-corrected chi connectivity index (χ3v) is 5.79. The molecule has 12 heteroatoms. The number of hydrogen-bond acceptors (Lipinski definition) is 7. The molecule has 6 nitrogen and oxygen atoms in total. The lowest BCUT2D eigenvalue weighted by Gasteiger charge is -1.99. The van der Waals surface area contributed by atoms with Crippen LogP contribution in [0.25, 0.3) is 21.1 Å². The number of carbonyl (C=O) groups is 2. The van der Waals surface area contributed by atoms with Crippen molar-refractivity contribution in [1.82, 2.24) is 9.97 Å². The topological polar surface area (TPSA) is 89.4 Å². The van der Waals surface area contributed by atoms with Crippen LogP contribution in [0.15, 0.2) is 47.2 Å². The zero-order chi connectivity index (χ0) is 24.8. The molecular formula is C22H14F4N2O4S2. The van der Waals surface area contributed by atoms with Crippen molar-refractivity contribution in [2.45, 2.75) is 6.92 Å². The number of carboxylic acid groups (broad SMARTS) is 1. The first-order valence-electron chi connectivity index (χ1n) is 9.42. The lowest BCUT2D eigenvalue weighted by molar-refractivity contribution is 0.0520. The molecule has 4 aromatic rings. The van der Waals surface area contributed by atoms with Gasteiger partial charge in [-0.1, -0.05) is 0 Å². The molecule has 0 radical (unpaired) electrons. The second-order valence-corrected chi connectivity index (χ2v) is 8.07. The second-order valence-electron chi connectivity index (χ2n) is 6.35. The van der Waals surface area contributed by atoms with Crippen molar-refractivity contribution in [2.24, 2.45) is 0 Å². The Morgan fingerprint density at radius 3 is 1.74 bits per heavy atom. The van der Waals surface area contributed by atoms with E-state index in [-0.39, 0.29) is 34.1 Å². The minimum Gasteiger partial charge on any atom is -0.476 e. The van der Waals surface area contributed by atoms with E-state index in [1.54, 1.807) is 6.92 Å². The van der Waals surface area contributed by atoms with Crippen molar-refractivity contribution >= 4 is 34.6 Å². The largest absolute Gasteiger partial charge is 0.476 e. The van der Waals surface area contributed by atoms with Crippen LogP contribution >= 0.6 is 22.7 Å². The monoisotopic (exact) mass is 510 g/mol. The summed E-state index contributed by atoms with van der Waals surface area (Å²) in [5.74, 6) is -4.53. The Morgan fingerprint density at radius 2 is 1.32 bits per heavy atom. The summed E-state index contributed by atoms with van der Waals surface area (Å²) in [5.41, 5.74) is 0.236. The van der Waals surface area contributed by atoms with Gasteiger partial charge in [0.15, 0.2) is 11.4 Å². The molecule has 0 amide bonds. The van der Waals surface area contributed by atoms with Crippen LogP contribution in [0.1, 0.15) is 27.9 Å². The molecule has 2 aromatic heterocycles. The van der Waals surface area contributed by atoms with Gasteiger partial charge < -0.3 is 9.84 Å². The van der Waals surface area contributed by atoms with Gasteiger partial charge in [-0.15, -0.1) is 22.7 Å². The number of aromatic carboxylic acids is 1. The fourth-order valence-electron chi connectivity index (χ4n) is 2.52. The molecule has 1 N–H and O–H groups in total. The Morgan fingerprint density at radius 1 is 0.853 bits per heavy atom. The quantitative estimate of drug-likeness (QED) is 0.260. The standard InChI is InChI=1S/C12H9F2NO2S.C10H5F2NO2S/c1-2-17-12(16)10-6-18-11(15-10)8-4-3-7(13)5-9(8)14;11-5-1-2-6(7(12)3-5)9-13-8(4-16-9)10(14)15/h3-6H,2H2,1H3;1-4H,(H,14,15). The Bertz CT molecular complexity index is 1340. The number of ether oxygens (including phenoxy) is 1. The van der Waals surface area contributed by atoms with Gasteiger partial charge in [-0.05, 0) is 31.2 Å². The maximum atomic E-state index is 13.5. The highest BCUT2D eigenvalue weighted by Crippen LogP contribution is 2.28. The van der Waals surface area contributed by atoms with Crippen molar-refractivity contribution in [1.29, 1.82) is 0 Å². The fraction of sp³-hybridized carbons (Fsp3) is 0.0909. The van der Waals surface area contributed by atoms with Gasteiger partial charge in [-0.2, -0.15) is 0 Å². The lowest BCUT2D eigenvalue weighted by Crippen LogP contribution is -2.04. The molecule has 2 aromatic carbocycles. The Kier molecular flexibility index (Phi) is 8.08. The zero-order valence-corrected chi connectivity index (χ0v) is 18.9. The summed E-state index contributed by atoms with van der Waals surface area (Å²) >= 11 is 2.10. The Balaban J connectivity index is 0.000000192. The molecule has 0 aliphatic heterocycles. The SMILES string of the molecule is CCOC(=O)c1csc(-c2ccc(F)cc2F)n1.O=C(O)c1csc(-c2ccc(F)cc2F)n1. The molecule has 0 spiro atoms. The highest BCUT2D eigenvalue weighted by Gasteiger charge is 2.15. The van der Waals surface area contributed by atoms with Gasteiger partial charge in [0.25, 0.3) is 0 Å². The number of aromatic nitrogens is 2. The summed E-state index contributed by atoms with van der Waals surface area (Å²) in [5, 5.41) is 12.0. The van der Waals surface area contributed by atoms with Crippen molar-refractivity contribution in [3.05, 3.63) is 81.8 Å². The van der Waals surface area contributed by atoms with Gasteiger partial charge in [-0.3, -0.25) is 0 Å². The summed E-state index contributed by atoms with van der Waals surface area (Å²) < 4.78 is 57.0. The van der Waals surface area contributed by atoms with Gasteiger partial charge in [-0.25, -0.2) is 37.1 Å². The third kappa shape index (κ3) is 6.02.